The van der Waals surface area contributed by atoms with E-state index in [4.69, 9.17) is 11.6 Å². The number of benzene rings is 2. The molecule has 2 aromatic carbocycles. The molecule has 1 fully saturated rings. The van der Waals surface area contributed by atoms with Crippen molar-refractivity contribution in [3.05, 3.63) is 88.7 Å². The van der Waals surface area contributed by atoms with Crippen LogP contribution in [-0.2, 0) is 11.3 Å². The van der Waals surface area contributed by atoms with Crippen molar-refractivity contribution < 1.29 is 9.18 Å². The van der Waals surface area contributed by atoms with Crippen molar-refractivity contribution in [2.45, 2.75) is 13.0 Å². The van der Waals surface area contributed by atoms with E-state index in [0.29, 0.717) is 11.6 Å². The van der Waals surface area contributed by atoms with Crippen molar-refractivity contribution in [2.75, 3.05) is 26.2 Å². The number of carbonyl (C=O) groups is 1. The number of halogens is 2. The van der Waals surface area contributed by atoms with Gasteiger partial charge in [0.1, 0.15) is 5.82 Å². The van der Waals surface area contributed by atoms with Gasteiger partial charge in [-0.2, -0.15) is 0 Å². The Kier molecular flexibility index (Phi) is 7.40. The second kappa shape index (κ2) is 10.2. The minimum Gasteiger partial charge on any atom is -0.338 e. The molecule has 2 aromatic rings. The van der Waals surface area contributed by atoms with Crippen LogP contribution < -0.4 is 0 Å². The van der Waals surface area contributed by atoms with Gasteiger partial charge in [-0.3, -0.25) is 9.69 Å². The monoisotopic (exact) mass is 398 g/mol. The highest BCUT2D eigenvalue weighted by molar-refractivity contribution is 6.32. The molecule has 1 aliphatic rings. The lowest BCUT2D eigenvalue weighted by Crippen LogP contribution is -2.34. The molecule has 0 atom stereocenters. The number of rotatable bonds is 5. The summed E-state index contributed by atoms with van der Waals surface area (Å²) in [6, 6.07) is 14.2. The Bertz CT molecular complexity index is 848. The fraction of sp³-hybridized carbons (Fsp3) is 0.261. The van der Waals surface area contributed by atoms with E-state index < -0.39 is 0 Å². The van der Waals surface area contributed by atoms with Gasteiger partial charge in [-0.15, -0.1) is 0 Å². The standard InChI is InChI=1S/C23H24ClFN2O/c24-22-8-3-1-6-20(22)7-2-4-9-23(28)27-15-5-14-26(16-17-27)18-19-10-12-21(25)13-11-19/h1-4,6-13H,5,14-18H2/b7-2+,9-4+. The normalized spacial score (nSPS) is 16.0. The molecule has 3 rings (SSSR count). The minimum atomic E-state index is -0.216. The summed E-state index contributed by atoms with van der Waals surface area (Å²) in [5, 5.41) is 0.687. The Hall–Kier alpha value is -2.43. The fourth-order valence-electron chi connectivity index (χ4n) is 3.21. The molecule has 28 heavy (non-hydrogen) atoms. The Balaban J connectivity index is 1.49. The largest absolute Gasteiger partial charge is 0.338 e. The van der Waals surface area contributed by atoms with E-state index >= 15 is 0 Å². The third-order valence-electron chi connectivity index (χ3n) is 4.75. The first-order chi connectivity index (χ1) is 13.6. The zero-order valence-electron chi connectivity index (χ0n) is 15.7. The van der Waals surface area contributed by atoms with E-state index in [1.165, 1.54) is 12.1 Å². The molecule has 1 amide bonds. The Labute approximate surface area is 170 Å². The first-order valence-corrected chi connectivity index (χ1v) is 9.84. The average molecular weight is 399 g/mol. The first-order valence-electron chi connectivity index (χ1n) is 9.47. The molecule has 0 bridgehead atoms. The molecule has 0 unspecified atom stereocenters. The minimum absolute atomic E-state index is 0.0208. The molecule has 1 aliphatic heterocycles. The van der Waals surface area contributed by atoms with Crippen molar-refractivity contribution in [1.29, 1.82) is 0 Å². The summed E-state index contributed by atoms with van der Waals surface area (Å²) in [5.41, 5.74) is 2.01. The average Bonchev–Trinajstić information content (AvgIpc) is 2.94. The molecule has 146 valence electrons. The topological polar surface area (TPSA) is 23.6 Å². The lowest BCUT2D eigenvalue weighted by Gasteiger charge is -2.21. The third kappa shape index (κ3) is 6.04. The van der Waals surface area contributed by atoms with Crippen LogP contribution in [0.5, 0.6) is 0 Å². The van der Waals surface area contributed by atoms with Gasteiger partial charge in [0.15, 0.2) is 0 Å². The second-order valence-corrected chi connectivity index (χ2v) is 7.23. The molecular formula is C23H24ClFN2O. The Morgan fingerprint density at radius 2 is 1.79 bits per heavy atom. The molecule has 0 radical (unpaired) electrons. The maximum absolute atomic E-state index is 13.0. The van der Waals surface area contributed by atoms with Crippen LogP contribution in [0, 0.1) is 5.82 Å². The highest BCUT2D eigenvalue weighted by atomic mass is 35.5. The zero-order valence-corrected chi connectivity index (χ0v) is 16.5. The van der Waals surface area contributed by atoms with Gasteiger partial charge in [0.2, 0.25) is 5.91 Å². The van der Waals surface area contributed by atoms with Gasteiger partial charge >= 0.3 is 0 Å². The van der Waals surface area contributed by atoms with E-state index in [9.17, 15) is 9.18 Å². The number of allylic oxidation sites excluding steroid dienone is 2. The van der Waals surface area contributed by atoms with Crippen LogP contribution >= 0.6 is 11.6 Å². The predicted octanol–water partition coefficient (Wildman–Crippen LogP) is 4.78. The molecule has 1 heterocycles. The summed E-state index contributed by atoms with van der Waals surface area (Å²) in [7, 11) is 0. The summed E-state index contributed by atoms with van der Waals surface area (Å²) in [5.74, 6) is -0.195. The van der Waals surface area contributed by atoms with Crippen LogP contribution in [0.15, 0.2) is 66.8 Å². The maximum atomic E-state index is 13.0. The van der Waals surface area contributed by atoms with Crippen molar-refractivity contribution >= 4 is 23.6 Å². The summed E-state index contributed by atoms with van der Waals surface area (Å²) < 4.78 is 13.0. The summed E-state index contributed by atoms with van der Waals surface area (Å²) in [6.45, 7) is 3.96. The van der Waals surface area contributed by atoms with Crippen molar-refractivity contribution in [1.82, 2.24) is 9.80 Å². The van der Waals surface area contributed by atoms with Gasteiger partial charge in [-0.25, -0.2) is 4.39 Å². The number of hydrogen-bond acceptors (Lipinski definition) is 2. The number of hydrogen-bond donors (Lipinski definition) is 0. The quantitative estimate of drug-likeness (QED) is 0.534. The van der Waals surface area contributed by atoms with Crippen LogP contribution in [0.3, 0.4) is 0 Å². The number of carbonyl (C=O) groups excluding carboxylic acids is 1. The molecule has 0 spiro atoms. The maximum Gasteiger partial charge on any atom is 0.246 e. The van der Waals surface area contributed by atoms with Gasteiger partial charge < -0.3 is 4.90 Å². The van der Waals surface area contributed by atoms with E-state index in [0.717, 1.165) is 43.7 Å². The third-order valence-corrected chi connectivity index (χ3v) is 5.09. The molecule has 0 N–H and O–H groups in total. The fourth-order valence-corrected chi connectivity index (χ4v) is 3.41. The molecular weight excluding hydrogens is 375 g/mol. The van der Waals surface area contributed by atoms with E-state index in [-0.39, 0.29) is 11.7 Å². The van der Waals surface area contributed by atoms with E-state index in [1.54, 1.807) is 12.2 Å². The van der Waals surface area contributed by atoms with Crippen LogP contribution in [0.4, 0.5) is 4.39 Å². The number of nitrogens with zero attached hydrogens (tertiary/aromatic N) is 2. The van der Waals surface area contributed by atoms with Crippen molar-refractivity contribution in [2.24, 2.45) is 0 Å². The highest BCUT2D eigenvalue weighted by Gasteiger charge is 2.17. The Morgan fingerprint density at radius 3 is 2.57 bits per heavy atom. The lowest BCUT2D eigenvalue weighted by molar-refractivity contribution is -0.125. The van der Waals surface area contributed by atoms with Crippen LogP contribution in [0.2, 0.25) is 5.02 Å². The SMILES string of the molecule is O=C(/C=C/C=C/c1ccccc1Cl)N1CCCN(Cc2ccc(F)cc2)CC1. The van der Waals surface area contributed by atoms with E-state index in [1.807, 2.05) is 53.5 Å². The predicted molar refractivity (Wildman–Crippen MR) is 113 cm³/mol. The number of amides is 1. The summed E-state index contributed by atoms with van der Waals surface area (Å²) >= 11 is 6.11. The molecule has 5 heteroatoms. The van der Waals surface area contributed by atoms with Crippen molar-refractivity contribution in [3.8, 4) is 0 Å². The van der Waals surface area contributed by atoms with Gasteiger partial charge in [0.25, 0.3) is 0 Å². The van der Waals surface area contributed by atoms with Gasteiger partial charge in [-0.1, -0.05) is 60.2 Å². The second-order valence-electron chi connectivity index (χ2n) is 6.82. The van der Waals surface area contributed by atoms with Gasteiger partial charge in [0.05, 0.1) is 0 Å². The van der Waals surface area contributed by atoms with Crippen LogP contribution in [-0.4, -0.2) is 41.9 Å². The van der Waals surface area contributed by atoms with Crippen LogP contribution in [0.25, 0.3) is 6.08 Å². The first kappa shape index (κ1) is 20.3. The smallest absolute Gasteiger partial charge is 0.246 e. The van der Waals surface area contributed by atoms with E-state index in [2.05, 4.69) is 4.90 Å². The highest BCUT2D eigenvalue weighted by Crippen LogP contribution is 2.16. The molecule has 0 aromatic heterocycles. The zero-order chi connectivity index (χ0) is 19.8. The molecule has 0 saturated carbocycles. The van der Waals surface area contributed by atoms with Crippen molar-refractivity contribution in [3.63, 3.8) is 0 Å². The molecule has 0 aliphatic carbocycles. The lowest BCUT2D eigenvalue weighted by atomic mass is 10.2. The molecule has 3 nitrogen and oxygen atoms in total. The summed E-state index contributed by atoms with van der Waals surface area (Å²) in [4.78, 5) is 16.6. The Morgan fingerprint density at radius 1 is 1.00 bits per heavy atom. The van der Waals surface area contributed by atoms with Crippen LogP contribution in [0.1, 0.15) is 17.5 Å². The summed E-state index contributed by atoms with van der Waals surface area (Å²) in [6.07, 6.45) is 8.00. The van der Waals surface area contributed by atoms with Gasteiger partial charge in [0, 0.05) is 43.8 Å². The molecule has 1 saturated heterocycles. The van der Waals surface area contributed by atoms with Gasteiger partial charge in [-0.05, 0) is 35.7 Å².